The quantitative estimate of drug-likeness (QED) is 0.367. The minimum Gasteiger partial charge on any atom is -0.409 e. The van der Waals surface area contributed by atoms with E-state index in [9.17, 15) is 12.8 Å². The molecular weight excluding hydrogens is 297 g/mol. The smallest absolute Gasteiger partial charge is 0.170 e. The summed E-state index contributed by atoms with van der Waals surface area (Å²) in [6.07, 6.45) is 0. The Morgan fingerprint density at radius 2 is 2.29 bits per heavy atom. The van der Waals surface area contributed by atoms with Crippen LogP contribution in [0, 0.1) is 5.82 Å². The van der Waals surface area contributed by atoms with E-state index in [2.05, 4.69) is 5.16 Å². The largest absolute Gasteiger partial charge is 0.409 e. The molecule has 0 saturated carbocycles. The van der Waals surface area contributed by atoms with Crippen LogP contribution in [0.5, 0.6) is 0 Å². The molecule has 0 aromatic heterocycles. The molecule has 6 nitrogen and oxygen atoms in total. The molecule has 1 aromatic carbocycles. The summed E-state index contributed by atoms with van der Waals surface area (Å²) in [4.78, 5) is 1.99. The Labute approximate surface area is 123 Å². The molecule has 1 fully saturated rings. The van der Waals surface area contributed by atoms with Crippen molar-refractivity contribution in [2.75, 3.05) is 18.1 Å². The Hall–Kier alpha value is -1.67. The summed E-state index contributed by atoms with van der Waals surface area (Å²) in [5.74, 6) is -0.429. The predicted octanol–water partition coefficient (Wildman–Crippen LogP) is 0.539. The van der Waals surface area contributed by atoms with Crippen LogP contribution in [0.15, 0.2) is 23.4 Å². The molecule has 0 amide bonds. The highest BCUT2D eigenvalue weighted by molar-refractivity contribution is 7.91. The average molecular weight is 315 g/mol. The number of nitrogens with two attached hydrogens (primary N) is 1. The van der Waals surface area contributed by atoms with Crippen molar-refractivity contribution in [1.29, 1.82) is 0 Å². The standard InChI is InChI=1S/C13H18FN3O3S/c1-9-8-21(19,20)5-4-17(9)7-10-2-3-11(14)6-12(10)13(15)16-18/h2-3,6,9,18H,4-5,7-8H2,1H3,(H2,15,16). The molecule has 116 valence electrons. The molecule has 1 aliphatic heterocycles. The maximum Gasteiger partial charge on any atom is 0.170 e. The molecule has 21 heavy (non-hydrogen) atoms. The van der Waals surface area contributed by atoms with Gasteiger partial charge in [0, 0.05) is 24.7 Å². The van der Waals surface area contributed by atoms with Crippen molar-refractivity contribution < 1.29 is 18.0 Å². The van der Waals surface area contributed by atoms with Gasteiger partial charge < -0.3 is 10.9 Å². The molecule has 1 atom stereocenters. The van der Waals surface area contributed by atoms with Crippen LogP contribution in [0.3, 0.4) is 0 Å². The first-order valence-electron chi connectivity index (χ1n) is 6.53. The van der Waals surface area contributed by atoms with Crippen molar-refractivity contribution in [1.82, 2.24) is 4.90 Å². The van der Waals surface area contributed by atoms with Crippen LogP contribution in [0.1, 0.15) is 18.1 Å². The molecule has 1 unspecified atom stereocenters. The summed E-state index contributed by atoms with van der Waals surface area (Å²) < 4.78 is 36.5. The fourth-order valence-electron chi connectivity index (χ4n) is 2.47. The van der Waals surface area contributed by atoms with Gasteiger partial charge in [0.1, 0.15) is 5.82 Å². The van der Waals surface area contributed by atoms with Crippen LogP contribution in [-0.4, -0.2) is 48.5 Å². The molecule has 2 rings (SSSR count). The van der Waals surface area contributed by atoms with E-state index in [1.807, 2.05) is 11.8 Å². The van der Waals surface area contributed by atoms with Crippen LogP contribution in [0.2, 0.25) is 0 Å². The molecule has 0 bridgehead atoms. The highest BCUT2D eigenvalue weighted by Crippen LogP contribution is 2.18. The van der Waals surface area contributed by atoms with Gasteiger partial charge in [-0.15, -0.1) is 0 Å². The van der Waals surface area contributed by atoms with Crippen molar-refractivity contribution in [2.45, 2.75) is 19.5 Å². The van der Waals surface area contributed by atoms with Gasteiger partial charge in [0.25, 0.3) is 0 Å². The first kappa shape index (κ1) is 15.7. The van der Waals surface area contributed by atoms with E-state index in [1.54, 1.807) is 6.07 Å². The number of amidine groups is 1. The van der Waals surface area contributed by atoms with Crippen molar-refractivity contribution in [2.24, 2.45) is 10.9 Å². The third kappa shape index (κ3) is 3.70. The molecule has 1 heterocycles. The van der Waals surface area contributed by atoms with Gasteiger partial charge in [0.15, 0.2) is 15.7 Å². The number of nitrogens with zero attached hydrogens (tertiary/aromatic N) is 2. The summed E-state index contributed by atoms with van der Waals surface area (Å²) in [6.45, 7) is 2.67. The lowest BCUT2D eigenvalue weighted by atomic mass is 10.1. The maximum absolute atomic E-state index is 13.3. The molecule has 3 N–H and O–H groups in total. The lowest BCUT2D eigenvalue weighted by molar-refractivity contribution is 0.218. The van der Waals surface area contributed by atoms with Crippen LogP contribution < -0.4 is 5.73 Å². The molecule has 8 heteroatoms. The van der Waals surface area contributed by atoms with Crippen molar-refractivity contribution >= 4 is 15.7 Å². The number of halogens is 1. The van der Waals surface area contributed by atoms with Crippen LogP contribution in [0.4, 0.5) is 4.39 Å². The number of oxime groups is 1. The monoisotopic (exact) mass is 315 g/mol. The number of hydrogen-bond donors (Lipinski definition) is 2. The van der Waals surface area contributed by atoms with Gasteiger partial charge in [-0.1, -0.05) is 11.2 Å². The normalized spacial score (nSPS) is 23.1. The van der Waals surface area contributed by atoms with Gasteiger partial charge in [-0.25, -0.2) is 12.8 Å². The lowest BCUT2D eigenvalue weighted by Crippen LogP contribution is -2.46. The van der Waals surface area contributed by atoms with Crippen LogP contribution in [-0.2, 0) is 16.4 Å². The summed E-state index contributed by atoms with van der Waals surface area (Å²) in [7, 11) is -2.99. The molecule has 0 radical (unpaired) electrons. The van der Waals surface area contributed by atoms with Gasteiger partial charge in [-0.05, 0) is 24.6 Å². The van der Waals surface area contributed by atoms with Crippen molar-refractivity contribution in [3.05, 3.63) is 35.1 Å². The Kier molecular flexibility index (Phi) is 4.48. The maximum atomic E-state index is 13.3. The molecule has 1 aromatic rings. The van der Waals surface area contributed by atoms with E-state index in [0.717, 1.165) is 0 Å². The summed E-state index contributed by atoms with van der Waals surface area (Å²) >= 11 is 0. The van der Waals surface area contributed by atoms with Gasteiger partial charge in [-0.3, -0.25) is 4.90 Å². The van der Waals surface area contributed by atoms with Crippen LogP contribution >= 0.6 is 0 Å². The third-order valence-electron chi connectivity index (χ3n) is 3.64. The molecular formula is C13H18FN3O3S. The zero-order chi connectivity index (χ0) is 15.6. The second kappa shape index (κ2) is 5.98. The number of benzene rings is 1. The first-order chi connectivity index (χ1) is 9.82. The number of rotatable bonds is 3. The van der Waals surface area contributed by atoms with Crippen LogP contribution in [0.25, 0.3) is 0 Å². The molecule has 0 spiro atoms. The topological polar surface area (TPSA) is 96.0 Å². The van der Waals surface area contributed by atoms with Gasteiger partial charge in [0.2, 0.25) is 0 Å². The fourth-order valence-corrected chi connectivity index (χ4v) is 4.09. The van der Waals surface area contributed by atoms with Gasteiger partial charge in [0.05, 0.1) is 11.5 Å². The third-order valence-corrected chi connectivity index (χ3v) is 5.43. The Morgan fingerprint density at radius 3 is 2.90 bits per heavy atom. The van der Waals surface area contributed by atoms with Crippen molar-refractivity contribution in [3.8, 4) is 0 Å². The van der Waals surface area contributed by atoms with E-state index in [1.165, 1.54) is 12.1 Å². The van der Waals surface area contributed by atoms with E-state index in [4.69, 9.17) is 10.9 Å². The van der Waals surface area contributed by atoms with Gasteiger partial charge in [-0.2, -0.15) is 0 Å². The molecule has 1 aliphatic rings. The second-order valence-corrected chi connectivity index (χ2v) is 7.45. The van der Waals surface area contributed by atoms with Crippen molar-refractivity contribution in [3.63, 3.8) is 0 Å². The SMILES string of the molecule is CC1CS(=O)(=O)CCN1Cc1ccc(F)cc1/C(N)=N/O. The Balaban J connectivity index is 2.24. The minimum absolute atomic E-state index is 0.104. The highest BCUT2D eigenvalue weighted by atomic mass is 32.2. The summed E-state index contributed by atoms with van der Waals surface area (Å²) in [6, 6.07) is 3.94. The van der Waals surface area contributed by atoms with E-state index < -0.39 is 15.7 Å². The zero-order valence-corrected chi connectivity index (χ0v) is 12.5. The predicted molar refractivity (Wildman–Crippen MR) is 77.4 cm³/mol. The first-order valence-corrected chi connectivity index (χ1v) is 8.35. The lowest BCUT2D eigenvalue weighted by Gasteiger charge is -2.33. The van der Waals surface area contributed by atoms with E-state index >= 15 is 0 Å². The van der Waals surface area contributed by atoms with Gasteiger partial charge >= 0.3 is 0 Å². The van der Waals surface area contributed by atoms with E-state index in [0.29, 0.717) is 24.2 Å². The molecule has 0 aliphatic carbocycles. The van der Waals surface area contributed by atoms with E-state index in [-0.39, 0.29) is 23.4 Å². The fraction of sp³-hybridized carbons (Fsp3) is 0.462. The average Bonchev–Trinajstić information content (AvgIpc) is 2.42. The number of sulfone groups is 1. The summed E-state index contributed by atoms with van der Waals surface area (Å²) in [5, 5.41) is 11.7. The second-order valence-electron chi connectivity index (χ2n) is 5.22. The Bertz CT molecular complexity index is 661. The Morgan fingerprint density at radius 1 is 1.57 bits per heavy atom. The highest BCUT2D eigenvalue weighted by Gasteiger charge is 2.28. The number of hydrogen-bond acceptors (Lipinski definition) is 5. The summed E-state index contributed by atoms with van der Waals surface area (Å²) in [5.41, 5.74) is 6.58. The molecule has 1 saturated heterocycles. The minimum atomic E-state index is -2.99. The zero-order valence-electron chi connectivity index (χ0n) is 11.7.